The van der Waals surface area contributed by atoms with Gasteiger partial charge in [0.2, 0.25) is 0 Å². The van der Waals surface area contributed by atoms with Crippen molar-refractivity contribution in [3.63, 3.8) is 0 Å². The number of rotatable bonds is 4. The number of nitrogens with one attached hydrogen (secondary N) is 2. The molecule has 0 atom stereocenters. The number of nitrogens with zero attached hydrogens (tertiary/aromatic N) is 2. The van der Waals surface area contributed by atoms with Crippen LogP contribution in [0.25, 0.3) is 0 Å². The lowest BCUT2D eigenvalue weighted by Crippen LogP contribution is -2.44. The van der Waals surface area contributed by atoms with Gasteiger partial charge in [0, 0.05) is 43.9 Å². The third-order valence-corrected chi connectivity index (χ3v) is 4.40. The van der Waals surface area contributed by atoms with Crippen LogP contribution in [-0.4, -0.2) is 37.1 Å². The van der Waals surface area contributed by atoms with Crippen molar-refractivity contribution < 1.29 is 4.79 Å². The molecule has 0 unspecified atom stereocenters. The molecule has 2 N–H and O–H groups in total. The smallest absolute Gasteiger partial charge is 0.253 e. The SMILES string of the molecule is O=C(NCc1ccc(Cl)cc1)c1cnc(N2CCNCC2)c(Cl)c1. The fourth-order valence-electron chi connectivity index (χ4n) is 2.55. The van der Waals surface area contributed by atoms with E-state index in [-0.39, 0.29) is 5.91 Å². The van der Waals surface area contributed by atoms with Gasteiger partial charge < -0.3 is 15.5 Å². The first-order chi connectivity index (χ1) is 11.6. The van der Waals surface area contributed by atoms with Crippen LogP contribution in [0.4, 0.5) is 5.82 Å². The minimum absolute atomic E-state index is 0.203. The molecule has 1 saturated heterocycles. The van der Waals surface area contributed by atoms with Crippen molar-refractivity contribution in [2.24, 2.45) is 0 Å². The zero-order chi connectivity index (χ0) is 16.9. The molecule has 126 valence electrons. The Bertz CT molecular complexity index is 715. The van der Waals surface area contributed by atoms with Gasteiger partial charge in [0.1, 0.15) is 5.82 Å². The van der Waals surface area contributed by atoms with E-state index in [0.717, 1.165) is 37.6 Å². The minimum atomic E-state index is -0.203. The minimum Gasteiger partial charge on any atom is -0.353 e. The zero-order valence-electron chi connectivity index (χ0n) is 13.1. The zero-order valence-corrected chi connectivity index (χ0v) is 14.6. The molecular formula is C17H18Cl2N4O. The van der Waals surface area contributed by atoms with Gasteiger partial charge in [0.05, 0.1) is 10.6 Å². The predicted molar refractivity (Wildman–Crippen MR) is 97.0 cm³/mol. The van der Waals surface area contributed by atoms with Gasteiger partial charge in [0.15, 0.2) is 0 Å². The van der Waals surface area contributed by atoms with E-state index >= 15 is 0 Å². The number of halogens is 2. The van der Waals surface area contributed by atoms with E-state index in [2.05, 4.69) is 20.5 Å². The highest BCUT2D eigenvalue weighted by Crippen LogP contribution is 2.24. The maximum Gasteiger partial charge on any atom is 0.253 e. The number of benzene rings is 1. The first-order valence-corrected chi connectivity index (χ1v) is 8.53. The lowest BCUT2D eigenvalue weighted by atomic mass is 10.2. The van der Waals surface area contributed by atoms with E-state index in [9.17, 15) is 4.79 Å². The summed E-state index contributed by atoms with van der Waals surface area (Å²) in [5.74, 6) is 0.527. The third-order valence-electron chi connectivity index (χ3n) is 3.87. The summed E-state index contributed by atoms with van der Waals surface area (Å²) in [6.45, 7) is 3.94. The summed E-state index contributed by atoms with van der Waals surface area (Å²) in [7, 11) is 0. The van der Waals surface area contributed by atoms with E-state index in [4.69, 9.17) is 23.2 Å². The summed E-state index contributed by atoms with van der Waals surface area (Å²) < 4.78 is 0. The van der Waals surface area contributed by atoms with Crippen molar-refractivity contribution in [3.8, 4) is 0 Å². The average molecular weight is 365 g/mol. The summed E-state index contributed by atoms with van der Waals surface area (Å²) in [6, 6.07) is 9.01. The van der Waals surface area contributed by atoms with Crippen LogP contribution in [0.1, 0.15) is 15.9 Å². The van der Waals surface area contributed by atoms with Crippen LogP contribution in [-0.2, 0) is 6.54 Å². The molecule has 0 bridgehead atoms. The second-order valence-corrected chi connectivity index (χ2v) is 6.42. The van der Waals surface area contributed by atoms with Crippen molar-refractivity contribution in [3.05, 3.63) is 57.7 Å². The monoisotopic (exact) mass is 364 g/mol. The van der Waals surface area contributed by atoms with Crippen LogP contribution >= 0.6 is 23.2 Å². The number of amides is 1. The number of hydrogen-bond donors (Lipinski definition) is 2. The Morgan fingerprint density at radius 3 is 2.58 bits per heavy atom. The molecular weight excluding hydrogens is 347 g/mol. The summed E-state index contributed by atoms with van der Waals surface area (Å²) in [6.07, 6.45) is 1.57. The lowest BCUT2D eigenvalue weighted by Gasteiger charge is -2.29. The van der Waals surface area contributed by atoms with E-state index in [1.54, 1.807) is 24.4 Å². The molecule has 2 heterocycles. The number of hydrogen-bond acceptors (Lipinski definition) is 4. The van der Waals surface area contributed by atoms with Crippen LogP contribution in [0.15, 0.2) is 36.5 Å². The molecule has 1 aromatic carbocycles. The Morgan fingerprint density at radius 1 is 1.21 bits per heavy atom. The van der Waals surface area contributed by atoms with Crippen molar-refractivity contribution >= 4 is 34.9 Å². The highest BCUT2D eigenvalue weighted by Gasteiger charge is 2.16. The normalized spacial score (nSPS) is 14.5. The van der Waals surface area contributed by atoms with Gasteiger partial charge >= 0.3 is 0 Å². The number of anilines is 1. The molecule has 0 spiro atoms. The molecule has 1 fully saturated rings. The number of carbonyl (C=O) groups excluding carboxylic acids is 1. The van der Waals surface area contributed by atoms with Gasteiger partial charge in [-0.3, -0.25) is 4.79 Å². The quantitative estimate of drug-likeness (QED) is 0.875. The van der Waals surface area contributed by atoms with Gasteiger partial charge in [0.25, 0.3) is 5.91 Å². The molecule has 7 heteroatoms. The molecule has 1 aliphatic heterocycles. The molecule has 1 aromatic heterocycles. The second-order valence-electron chi connectivity index (χ2n) is 5.58. The number of pyridine rings is 1. The fraction of sp³-hybridized carbons (Fsp3) is 0.294. The second kappa shape index (κ2) is 7.83. The van der Waals surface area contributed by atoms with Gasteiger partial charge in [-0.05, 0) is 23.8 Å². The van der Waals surface area contributed by atoms with Crippen molar-refractivity contribution in [2.45, 2.75) is 6.54 Å². The van der Waals surface area contributed by atoms with E-state index in [0.29, 0.717) is 22.2 Å². The standard InChI is InChI=1S/C17H18Cl2N4O/c18-14-3-1-12(2-4-14)10-22-17(24)13-9-15(19)16(21-11-13)23-7-5-20-6-8-23/h1-4,9,11,20H,5-8,10H2,(H,22,24). The number of carbonyl (C=O) groups is 1. The maximum atomic E-state index is 12.3. The molecule has 1 amide bonds. The third kappa shape index (κ3) is 4.17. The van der Waals surface area contributed by atoms with Crippen LogP contribution in [0.2, 0.25) is 10.0 Å². The first-order valence-electron chi connectivity index (χ1n) is 7.77. The molecule has 5 nitrogen and oxygen atoms in total. The van der Waals surface area contributed by atoms with Crippen LogP contribution in [0.5, 0.6) is 0 Å². The van der Waals surface area contributed by atoms with Crippen LogP contribution in [0.3, 0.4) is 0 Å². The van der Waals surface area contributed by atoms with Crippen LogP contribution in [0, 0.1) is 0 Å². The molecule has 1 aliphatic rings. The van der Waals surface area contributed by atoms with E-state index in [1.807, 2.05) is 12.1 Å². The molecule has 0 saturated carbocycles. The first kappa shape index (κ1) is 17.0. The molecule has 0 radical (unpaired) electrons. The van der Waals surface area contributed by atoms with Gasteiger partial charge in [-0.15, -0.1) is 0 Å². The van der Waals surface area contributed by atoms with Gasteiger partial charge in [-0.1, -0.05) is 35.3 Å². The van der Waals surface area contributed by atoms with Crippen LogP contribution < -0.4 is 15.5 Å². The fourth-order valence-corrected chi connectivity index (χ4v) is 2.96. The van der Waals surface area contributed by atoms with Crippen molar-refractivity contribution in [2.75, 3.05) is 31.1 Å². The average Bonchev–Trinajstić information content (AvgIpc) is 2.61. The Balaban J connectivity index is 1.64. The summed E-state index contributed by atoms with van der Waals surface area (Å²) >= 11 is 12.2. The highest BCUT2D eigenvalue weighted by atomic mass is 35.5. The summed E-state index contributed by atoms with van der Waals surface area (Å²) in [5, 5.41) is 7.31. The lowest BCUT2D eigenvalue weighted by molar-refractivity contribution is 0.0950. The highest BCUT2D eigenvalue weighted by molar-refractivity contribution is 6.33. The molecule has 2 aromatic rings. The summed E-state index contributed by atoms with van der Waals surface area (Å²) in [5.41, 5.74) is 1.43. The maximum absolute atomic E-state index is 12.3. The summed E-state index contributed by atoms with van der Waals surface area (Å²) in [4.78, 5) is 18.8. The van der Waals surface area contributed by atoms with Crippen molar-refractivity contribution in [1.82, 2.24) is 15.6 Å². The topological polar surface area (TPSA) is 57.3 Å². The van der Waals surface area contributed by atoms with E-state index < -0.39 is 0 Å². The van der Waals surface area contributed by atoms with Gasteiger partial charge in [-0.2, -0.15) is 0 Å². The Morgan fingerprint density at radius 2 is 1.92 bits per heavy atom. The number of piperazine rings is 1. The molecule has 3 rings (SSSR count). The predicted octanol–water partition coefficient (Wildman–Crippen LogP) is 2.73. The Kier molecular flexibility index (Phi) is 5.56. The Labute approximate surface area is 151 Å². The van der Waals surface area contributed by atoms with Crippen molar-refractivity contribution in [1.29, 1.82) is 0 Å². The largest absolute Gasteiger partial charge is 0.353 e. The van der Waals surface area contributed by atoms with E-state index in [1.165, 1.54) is 0 Å². The number of aromatic nitrogens is 1. The Hall–Kier alpha value is -1.82. The molecule has 24 heavy (non-hydrogen) atoms. The van der Waals surface area contributed by atoms with Gasteiger partial charge in [-0.25, -0.2) is 4.98 Å². The molecule has 0 aliphatic carbocycles.